The van der Waals surface area contributed by atoms with Crippen molar-refractivity contribution in [3.8, 4) is 5.88 Å². The molecular formula is C26H32FN5O5. The summed E-state index contributed by atoms with van der Waals surface area (Å²) in [5, 5.41) is 14.0. The Morgan fingerprint density at radius 1 is 1.24 bits per heavy atom. The number of piperidine rings is 1. The molecule has 0 unspecified atom stereocenters. The number of carbonyl (C=O) groups excluding carboxylic acids is 1. The Bertz CT molecular complexity index is 1300. The molecule has 1 aliphatic rings. The van der Waals surface area contributed by atoms with Crippen LogP contribution in [0.4, 0.5) is 25.4 Å². The molecule has 1 N–H and O–H groups in total. The molecule has 2 aromatic heterocycles. The fraction of sp³-hybridized carbons (Fsp3) is 0.462. The van der Waals surface area contributed by atoms with Gasteiger partial charge >= 0.3 is 12.2 Å². The van der Waals surface area contributed by atoms with Crippen molar-refractivity contribution in [1.82, 2.24) is 19.5 Å². The lowest BCUT2D eigenvalue weighted by Crippen LogP contribution is -2.43. The van der Waals surface area contributed by atoms with Crippen LogP contribution >= 0.6 is 0 Å². The molecule has 4 rings (SSSR count). The van der Waals surface area contributed by atoms with E-state index in [-0.39, 0.29) is 24.0 Å². The minimum Gasteiger partial charge on any atom is -0.471 e. The van der Waals surface area contributed by atoms with E-state index < -0.39 is 29.7 Å². The van der Waals surface area contributed by atoms with Crippen molar-refractivity contribution < 1.29 is 28.6 Å². The van der Waals surface area contributed by atoms with Crippen LogP contribution in [0.2, 0.25) is 0 Å². The van der Waals surface area contributed by atoms with E-state index in [1.165, 1.54) is 28.0 Å². The van der Waals surface area contributed by atoms with Crippen LogP contribution in [0.5, 0.6) is 5.88 Å². The van der Waals surface area contributed by atoms with Crippen molar-refractivity contribution in [2.24, 2.45) is 0 Å². The molecule has 1 saturated heterocycles. The van der Waals surface area contributed by atoms with Gasteiger partial charge in [-0.3, -0.25) is 0 Å². The van der Waals surface area contributed by atoms with E-state index in [1.54, 1.807) is 43.6 Å². The molecule has 1 aliphatic heterocycles. The van der Waals surface area contributed by atoms with Gasteiger partial charge in [-0.1, -0.05) is 19.9 Å². The Morgan fingerprint density at radius 3 is 2.65 bits per heavy atom. The lowest BCUT2D eigenvalue weighted by molar-refractivity contribution is 0.0598. The number of anilines is 2. The third-order valence-corrected chi connectivity index (χ3v) is 5.86. The zero-order valence-corrected chi connectivity index (χ0v) is 21.6. The predicted octanol–water partition coefficient (Wildman–Crippen LogP) is 5.59. The van der Waals surface area contributed by atoms with E-state index >= 15 is 0 Å². The lowest BCUT2D eigenvalue weighted by atomic mass is 10.1. The Hall–Kier alpha value is -3.89. The van der Waals surface area contributed by atoms with Crippen LogP contribution in [0.15, 0.2) is 36.5 Å². The Kier molecular flexibility index (Phi) is 7.24. The lowest BCUT2D eigenvalue weighted by Gasteiger charge is -2.31. The SMILES string of the molecule is CC(C)c1cnc2c(N(C(=O)OC(C)(C)C)c3cccc(F)c3)cc(O[C@H]3CCCN(C(=O)O)C3)nn12. The second-order valence-corrected chi connectivity index (χ2v) is 10.3. The number of aromatic nitrogens is 3. The fourth-order valence-corrected chi connectivity index (χ4v) is 4.21. The van der Waals surface area contributed by atoms with Gasteiger partial charge in [0.05, 0.1) is 24.1 Å². The molecule has 198 valence electrons. The standard InChI is InChI=1S/C26H32FN5O5/c1-16(2)21-14-28-23-20(31(25(35)37-26(3,4)5)18-9-6-8-17(27)12-18)13-22(29-32(21)23)36-19-10-7-11-30(15-19)24(33)34/h6,8-9,12-14,16,19H,7,10-11,15H2,1-5H3,(H,33,34)/t19-/m0/s1. The summed E-state index contributed by atoms with van der Waals surface area (Å²) in [7, 11) is 0. The molecule has 0 spiro atoms. The molecule has 1 fully saturated rings. The zero-order chi connectivity index (χ0) is 26.9. The van der Waals surface area contributed by atoms with Crippen molar-refractivity contribution in [2.45, 2.75) is 65.1 Å². The number of amides is 2. The summed E-state index contributed by atoms with van der Waals surface area (Å²) in [5.41, 5.74) is 0.870. The maximum absolute atomic E-state index is 14.3. The number of hydrogen-bond acceptors (Lipinski definition) is 6. The highest BCUT2D eigenvalue weighted by atomic mass is 19.1. The maximum atomic E-state index is 14.3. The Balaban J connectivity index is 1.85. The first-order valence-corrected chi connectivity index (χ1v) is 12.2. The molecule has 3 heterocycles. The Labute approximate surface area is 214 Å². The van der Waals surface area contributed by atoms with Gasteiger partial charge in [0.2, 0.25) is 5.88 Å². The molecule has 0 aliphatic carbocycles. The molecule has 3 aromatic rings. The maximum Gasteiger partial charge on any atom is 0.419 e. The third kappa shape index (κ3) is 5.92. The summed E-state index contributed by atoms with van der Waals surface area (Å²) in [6.07, 6.45) is 0.836. The zero-order valence-electron chi connectivity index (χ0n) is 21.6. The number of rotatable bonds is 5. The van der Waals surface area contributed by atoms with E-state index in [1.807, 2.05) is 13.8 Å². The van der Waals surface area contributed by atoms with E-state index in [2.05, 4.69) is 10.1 Å². The number of likely N-dealkylation sites (tertiary alicyclic amines) is 1. The van der Waals surface area contributed by atoms with Gasteiger partial charge in [-0.25, -0.2) is 28.4 Å². The summed E-state index contributed by atoms with van der Waals surface area (Å²) in [6.45, 7) is 9.85. The summed E-state index contributed by atoms with van der Waals surface area (Å²) < 4.78 is 27.7. The number of imidazole rings is 1. The molecule has 1 aromatic carbocycles. The van der Waals surface area contributed by atoms with E-state index in [0.29, 0.717) is 30.7 Å². The monoisotopic (exact) mass is 513 g/mol. The number of carboxylic acid groups (broad SMARTS) is 1. The highest BCUT2D eigenvalue weighted by Crippen LogP contribution is 2.35. The van der Waals surface area contributed by atoms with Crippen LogP contribution in [0, 0.1) is 5.82 Å². The second kappa shape index (κ2) is 10.2. The molecule has 0 bridgehead atoms. The smallest absolute Gasteiger partial charge is 0.419 e. The number of hydrogen-bond donors (Lipinski definition) is 1. The van der Waals surface area contributed by atoms with Crippen molar-refractivity contribution in [2.75, 3.05) is 18.0 Å². The number of ether oxygens (including phenoxy) is 2. The molecule has 10 nitrogen and oxygen atoms in total. The number of carbonyl (C=O) groups is 2. The molecular weight excluding hydrogens is 481 g/mol. The van der Waals surface area contributed by atoms with Crippen molar-refractivity contribution in [1.29, 1.82) is 0 Å². The normalized spacial score (nSPS) is 16.2. The first-order valence-electron chi connectivity index (χ1n) is 12.2. The minimum atomic E-state index is -1.00. The number of nitrogens with zero attached hydrogens (tertiary/aromatic N) is 5. The van der Waals surface area contributed by atoms with Gasteiger partial charge in [-0.15, -0.1) is 5.10 Å². The van der Waals surface area contributed by atoms with E-state index in [0.717, 1.165) is 5.69 Å². The van der Waals surface area contributed by atoms with Gasteiger partial charge in [0.25, 0.3) is 0 Å². The number of halogens is 1. The predicted molar refractivity (Wildman–Crippen MR) is 135 cm³/mol. The van der Waals surface area contributed by atoms with E-state index in [9.17, 15) is 19.1 Å². The minimum absolute atomic E-state index is 0.0481. The van der Waals surface area contributed by atoms with Gasteiger partial charge in [-0.2, -0.15) is 0 Å². The second-order valence-electron chi connectivity index (χ2n) is 10.3. The largest absolute Gasteiger partial charge is 0.471 e. The highest BCUT2D eigenvalue weighted by Gasteiger charge is 2.30. The summed E-state index contributed by atoms with van der Waals surface area (Å²) in [6, 6.07) is 7.19. The van der Waals surface area contributed by atoms with Crippen molar-refractivity contribution in [3.63, 3.8) is 0 Å². The summed E-state index contributed by atoms with van der Waals surface area (Å²) in [4.78, 5) is 32.1. The van der Waals surface area contributed by atoms with Gasteiger partial charge in [0.15, 0.2) is 5.65 Å². The topological polar surface area (TPSA) is 110 Å². The van der Waals surface area contributed by atoms with E-state index in [4.69, 9.17) is 9.47 Å². The van der Waals surface area contributed by atoms with Crippen LogP contribution in [0.3, 0.4) is 0 Å². The van der Waals surface area contributed by atoms with Crippen LogP contribution in [0.25, 0.3) is 5.65 Å². The molecule has 2 amide bonds. The average Bonchev–Trinajstić information content (AvgIpc) is 3.23. The molecule has 37 heavy (non-hydrogen) atoms. The van der Waals surface area contributed by atoms with Crippen LogP contribution in [-0.4, -0.2) is 61.6 Å². The van der Waals surface area contributed by atoms with Crippen LogP contribution in [0.1, 0.15) is 59.1 Å². The van der Waals surface area contributed by atoms with Crippen LogP contribution in [-0.2, 0) is 4.74 Å². The van der Waals surface area contributed by atoms with Crippen molar-refractivity contribution >= 4 is 29.2 Å². The van der Waals surface area contributed by atoms with Crippen molar-refractivity contribution in [3.05, 3.63) is 48.0 Å². The molecule has 1 atom stereocenters. The van der Waals surface area contributed by atoms with Gasteiger partial charge in [-0.05, 0) is 57.7 Å². The van der Waals surface area contributed by atoms with Gasteiger partial charge in [0, 0.05) is 12.6 Å². The van der Waals surface area contributed by atoms with Gasteiger partial charge < -0.3 is 19.5 Å². The molecule has 11 heteroatoms. The quantitative estimate of drug-likeness (QED) is 0.474. The highest BCUT2D eigenvalue weighted by molar-refractivity contribution is 6.00. The average molecular weight is 514 g/mol. The molecule has 0 radical (unpaired) electrons. The fourth-order valence-electron chi connectivity index (χ4n) is 4.21. The summed E-state index contributed by atoms with van der Waals surface area (Å²) >= 11 is 0. The van der Waals surface area contributed by atoms with Crippen LogP contribution < -0.4 is 9.64 Å². The third-order valence-electron chi connectivity index (χ3n) is 5.86. The van der Waals surface area contributed by atoms with Gasteiger partial charge in [0.1, 0.15) is 23.2 Å². The molecule has 0 saturated carbocycles. The summed E-state index contributed by atoms with van der Waals surface area (Å²) in [5.74, 6) is -0.286. The Morgan fingerprint density at radius 2 is 2.00 bits per heavy atom. The number of benzene rings is 1. The first-order chi connectivity index (χ1) is 17.4. The number of fused-ring (bicyclic) bond motifs is 1. The first kappa shape index (κ1) is 26.2.